The van der Waals surface area contributed by atoms with Crippen LogP contribution in [0.1, 0.15) is 72.6 Å². The molecule has 7 heteroatoms. The smallest absolute Gasteiger partial charge is 0.166 e. The van der Waals surface area contributed by atoms with Crippen molar-refractivity contribution in [3.8, 4) is 11.4 Å². The lowest BCUT2D eigenvalue weighted by Crippen LogP contribution is -2.34. The van der Waals surface area contributed by atoms with Crippen LogP contribution in [-0.4, -0.2) is 26.5 Å². The Bertz CT molecular complexity index is 931. The molecule has 0 unspecified atom stereocenters. The van der Waals surface area contributed by atoms with Crippen LogP contribution in [0.4, 0.5) is 0 Å². The predicted octanol–water partition coefficient (Wildman–Crippen LogP) is 5.09. The van der Waals surface area contributed by atoms with Crippen molar-refractivity contribution in [2.75, 3.05) is 0 Å². The summed E-state index contributed by atoms with van der Waals surface area (Å²) in [6.07, 6.45) is 2.14. The van der Waals surface area contributed by atoms with Gasteiger partial charge in [-0.25, -0.2) is 4.98 Å². The molecule has 5 nitrogen and oxygen atoms in total. The Morgan fingerprint density at radius 3 is 1.67 bits per heavy atom. The van der Waals surface area contributed by atoms with Gasteiger partial charge in [0.25, 0.3) is 0 Å². The minimum Gasteiger partial charge on any atom is -0.328 e. The third-order valence-electron chi connectivity index (χ3n) is 5.33. The number of Topliss-reactive ketones (excluding diaryl/α,β-unsaturated/α-hetero) is 2. The second kappa shape index (κ2) is 5.89. The Morgan fingerprint density at radius 2 is 1.26 bits per heavy atom. The van der Waals surface area contributed by atoms with Gasteiger partial charge in [0.2, 0.25) is 0 Å². The number of imidazole rings is 1. The zero-order valence-electron chi connectivity index (χ0n) is 15.8. The predicted molar refractivity (Wildman–Crippen MR) is 105 cm³/mol. The van der Waals surface area contributed by atoms with E-state index in [9.17, 15) is 9.59 Å². The van der Waals surface area contributed by atoms with E-state index in [1.807, 2.05) is 0 Å². The molecule has 4 rings (SSSR count). The molecule has 2 aliphatic rings. The molecule has 0 radical (unpaired) electrons. The van der Waals surface area contributed by atoms with E-state index in [2.05, 4.69) is 37.7 Å². The Labute approximate surface area is 167 Å². The van der Waals surface area contributed by atoms with E-state index in [4.69, 9.17) is 28.2 Å². The zero-order valence-corrected chi connectivity index (χ0v) is 17.3. The number of carbonyl (C=O) groups excluding carboxylic acids is 2. The Morgan fingerprint density at radius 1 is 0.778 bits per heavy atom. The van der Waals surface area contributed by atoms with E-state index in [0.29, 0.717) is 48.2 Å². The van der Waals surface area contributed by atoms with E-state index in [0.717, 1.165) is 11.4 Å². The van der Waals surface area contributed by atoms with Crippen molar-refractivity contribution in [1.82, 2.24) is 15.0 Å². The topological polar surface area (TPSA) is 75.7 Å². The van der Waals surface area contributed by atoms with Crippen molar-refractivity contribution >= 4 is 34.8 Å². The van der Waals surface area contributed by atoms with Gasteiger partial charge >= 0.3 is 0 Å². The Balaban J connectivity index is 2.06. The van der Waals surface area contributed by atoms with Crippen molar-refractivity contribution in [2.45, 2.75) is 53.4 Å². The molecule has 0 saturated carbocycles. The summed E-state index contributed by atoms with van der Waals surface area (Å²) < 4.78 is 0. The first kappa shape index (κ1) is 18.6. The molecule has 1 N–H and O–H groups in total. The van der Waals surface area contributed by atoms with Crippen LogP contribution in [0.2, 0.25) is 10.3 Å². The van der Waals surface area contributed by atoms with Crippen LogP contribution in [0.5, 0.6) is 0 Å². The van der Waals surface area contributed by atoms with Gasteiger partial charge in [-0.2, -0.15) is 0 Å². The lowest BCUT2D eigenvalue weighted by atomic mass is 9.70. The maximum absolute atomic E-state index is 13.0. The van der Waals surface area contributed by atoms with E-state index in [1.54, 1.807) is 0 Å². The highest BCUT2D eigenvalue weighted by atomic mass is 35.5. The molecule has 0 aliphatic heterocycles. The summed E-state index contributed by atoms with van der Waals surface area (Å²) in [5.41, 5.74) is 2.62. The van der Waals surface area contributed by atoms with Gasteiger partial charge in [-0.3, -0.25) is 14.6 Å². The molecule has 0 atom stereocenters. The number of rotatable bonds is 1. The third-order valence-corrected chi connectivity index (χ3v) is 5.97. The largest absolute Gasteiger partial charge is 0.328 e. The number of H-pyrrole nitrogens is 1. The van der Waals surface area contributed by atoms with E-state index in [1.165, 1.54) is 0 Å². The second-order valence-electron chi connectivity index (χ2n) is 9.20. The van der Waals surface area contributed by atoms with Crippen LogP contribution in [0, 0.1) is 10.8 Å². The Hall–Kier alpha value is -1.72. The van der Waals surface area contributed by atoms with Gasteiger partial charge < -0.3 is 4.98 Å². The van der Waals surface area contributed by atoms with Gasteiger partial charge in [0.15, 0.2) is 16.7 Å². The number of hydrogen-bond donors (Lipinski definition) is 1. The molecule has 2 aromatic heterocycles. The summed E-state index contributed by atoms with van der Waals surface area (Å²) in [6.45, 7) is 8.24. The van der Waals surface area contributed by atoms with Crippen molar-refractivity contribution in [1.29, 1.82) is 0 Å². The van der Waals surface area contributed by atoms with Crippen LogP contribution >= 0.6 is 23.2 Å². The summed E-state index contributed by atoms with van der Waals surface area (Å²) in [7, 11) is 0. The summed E-state index contributed by atoms with van der Waals surface area (Å²) in [5, 5.41) is 0.316. The highest BCUT2D eigenvalue weighted by molar-refractivity contribution is 6.40. The lowest BCUT2D eigenvalue weighted by molar-refractivity contribution is 0.0907. The maximum Gasteiger partial charge on any atom is 0.166 e. The first-order valence-corrected chi connectivity index (χ1v) is 9.76. The number of nitrogens with one attached hydrogen (secondary N) is 1. The molecule has 0 aromatic carbocycles. The monoisotopic (exact) mass is 405 g/mol. The molecule has 0 saturated heterocycles. The summed E-state index contributed by atoms with van der Waals surface area (Å²) in [6, 6.07) is 0. The number of ketones is 2. The third kappa shape index (κ3) is 3.11. The number of halogens is 2. The molecule has 142 valence electrons. The number of fused-ring (bicyclic) bond motifs is 2. The molecule has 0 bridgehead atoms. The Kier molecular flexibility index (Phi) is 4.06. The minimum atomic E-state index is -0.171. The highest BCUT2D eigenvalue weighted by Gasteiger charge is 2.41. The van der Waals surface area contributed by atoms with Crippen LogP contribution in [-0.2, 0) is 12.8 Å². The fourth-order valence-electron chi connectivity index (χ4n) is 4.31. The highest BCUT2D eigenvalue weighted by Crippen LogP contribution is 2.44. The molecule has 0 spiro atoms. The molecule has 0 amide bonds. The number of aromatic amines is 1. The van der Waals surface area contributed by atoms with Crippen LogP contribution < -0.4 is 0 Å². The molecular formula is C20H21Cl2N3O2. The molecule has 0 fully saturated rings. The van der Waals surface area contributed by atoms with Gasteiger partial charge in [0, 0.05) is 18.4 Å². The number of hydrogen-bond acceptors (Lipinski definition) is 4. The first-order chi connectivity index (χ1) is 12.5. The number of pyridine rings is 1. The molecular weight excluding hydrogens is 385 g/mol. The van der Waals surface area contributed by atoms with E-state index in [-0.39, 0.29) is 32.7 Å². The number of aromatic nitrogens is 3. The van der Waals surface area contributed by atoms with Crippen molar-refractivity contribution in [3.63, 3.8) is 0 Å². The van der Waals surface area contributed by atoms with Crippen LogP contribution in [0.15, 0.2) is 0 Å². The van der Waals surface area contributed by atoms with E-state index < -0.39 is 0 Å². The average Bonchev–Trinajstić information content (AvgIpc) is 2.81. The molecule has 2 aromatic rings. The molecule has 2 heterocycles. The number of carbonyl (C=O) groups is 2. The van der Waals surface area contributed by atoms with Crippen molar-refractivity contribution in [2.24, 2.45) is 10.8 Å². The average molecular weight is 406 g/mol. The van der Waals surface area contributed by atoms with Gasteiger partial charge in [-0.05, 0) is 23.7 Å². The first-order valence-electron chi connectivity index (χ1n) is 9.01. The molecule has 2 aliphatic carbocycles. The quantitative estimate of drug-likeness (QED) is 0.716. The fourth-order valence-corrected chi connectivity index (χ4v) is 4.57. The van der Waals surface area contributed by atoms with Gasteiger partial charge in [-0.15, -0.1) is 0 Å². The lowest BCUT2D eigenvalue weighted by Gasteiger charge is -2.35. The van der Waals surface area contributed by atoms with Crippen molar-refractivity contribution < 1.29 is 9.59 Å². The summed E-state index contributed by atoms with van der Waals surface area (Å²) in [5.74, 6) is 0.321. The zero-order chi connectivity index (χ0) is 19.7. The number of nitrogens with zero attached hydrogens (tertiary/aromatic N) is 2. The van der Waals surface area contributed by atoms with Crippen LogP contribution in [0.3, 0.4) is 0 Å². The minimum absolute atomic E-state index is 0.0205. The maximum atomic E-state index is 13.0. The summed E-state index contributed by atoms with van der Waals surface area (Å²) in [4.78, 5) is 38.1. The van der Waals surface area contributed by atoms with Gasteiger partial charge in [0.1, 0.15) is 11.0 Å². The van der Waals surface area contributed by atoms with Crippen molar-refractivity contribution in [3.05, 3.63) is 32.8 Å². The standard InChI is InChI=1S/C20H21Cl2N3O2/c1-19(2)5-9-13(11(26)7-19)15(18-24-16(21)17(22)25-18)14-10(23-9)6-20(3,4)8-12(14)27/h5-8H2,1-4H3,(H,24,25). The summed E-state index contributed by atoms with van der Waals surface area (Å²) >= 11 is 12.1. The fraction of sp³-hybridized carbons (Fsp3) is 0.500. The SMILES string of the molecule is CC1(C)CC(=O)c2c(nc3c(c2-c2nc(Cl)c(Cl)[nH]2)C(=O)CC(C)(C)C3)C1. The van der Waals surface area contributed by atoms with E-state index >= 15 is 0 Å². The molecule has 27 heavy (non-hydrogen) atoms. The van der Waals surface area contributed by atoms with Crippen LogP contribution in [0.25, 0.3) is 11.4 Å². The van der Waals surface area contributed by atoms with Gasteiger partial charge in [-0.1, -0.05) is 50.9 Å². The second-order valence-corrected chi connectivity index (χ2v) is 9.94. The normalized spacial score (nSPS) is 20.4. The van der Waals surface area contributed by atoms with Gasteiger partial charge in [0.05, 0.1) is 22.5 Å².